The minimum absolute atomic E-state index is 0.178. The molecule has 0 amide bonds. The summed E-state index contributed by atoms with van der Waals surface area (Å²) in [6.45, 7) is 0. The number of hydrogen-bond acceptors (Lipinski definition) is 2. The fourth-order valence-electron chi connectivity index (χ4n) is 1.01. The lowest BCUT2D eigenvalue weighted by molar-refractivity contribution is -0.670. The lowest BCUT2D eigenvalue weighted by atomic mass is 10.2. The molecule has 84 valence electrons. The van der Waals surface area contributed by atoms with E-state index in [4.69, 9.17) is 5.11 Å². The van der Waals surface area contributed by atoms with Crippen LogP contribution in [-0.2, 0) is 7.05 Å². The highest BCUT2D eigenvalue weighted by atomic mass is 16.4. The van der Waals surface area contributed by atoms with Gasteiger partial charge in [-0.05, 0) is 6.07 Å². The third-order valence-corrected chi connectivity index (χ3v) is 1.80. The average molecular weight is 220 g/mol. The zero-order chi connectivity index (χ0) is 12.0. The number of H-pyrrole nitrogens is 1. The Morgan fingerprint density at radius 2 is 2.12 bits per heavy atom. The van der Waals surface area contributed by atoms with Crippen LogP contribution in [0.4, 0.5) is 0 Å². The maximum Gasteiger partial charge on any atom is 0.335 e. The minimum atomic E-state index is -1.18. The van der Waals surface area contributed by atoms with Crippen LogP contribution in [0.15, 0.2) is 43.0 Å². The summed E-state index contributed by atoms with van der Waals surface area (Å²) in [4.78, 5) is 13.1. The molecule has 2 rings (SSSR count). The van der Waals surface area contributed by atoms with Crippen molar-refractivity contribution in [2.24, 2.45) is 7.05 Å². The molecule has 5 nitrogen and oxygen atoms in total. The monoisotopic (exact) mass is 220 g/mol. The molecule has 0 unspecified atom stereocenters. The van der Waals surface area contributed by atoms with Crippen molar-refractivity contribution in [3.63, 3.8) is 0 Å². The molecule has 1 heterocycles. The van der Waals surface area contributed by atoms with Gasteiger partial charge in [-0.3, -0.25) is 4.98 Å². The third kappa shape index (κ3) is 3.45. The summed E-state index contributed by atoms with van der Waals surface area (Å²) >= 11 is 0. The lowest BCUT2D eigenvalue weighted by Crippen LogP contribution is -2.22. The molecule has 0 spiro atoms. The summed E-state index contributed by atoms with van der Waals surface area (Å²) in [5.74, 6) is -1.62. The van der Waals surface area contributed by atoms with Crippen LogP contribution in [0.3, 0.4) is 0 Å². The molecule has 0 fully saturated rings. The van der Waals surface area contributed by atoms with Gasteiger partial charge < -0.3 is 10.2 Å². The third-order valence-electron chi connectivity index (χ3n) is 1.80. The molecular formula is C11H12N2O3. The van der Waals surface area contributed by atoms with Gasteiger partial charge >= 0.3 is 5.97 Å². The first-order chi connectivity index (χ1) is 7.61. The van der Waals surface area contributed by atoms with Crippen molar-refractivity contribution in [2.75, 3.05) is 0 Å². The van der Waals surface area contributed by atoms with Crippen molar-refractivity contribution >= 4 is 5.97 Å². The summed E-state index contributed by atoms with van der Waals surface area (Å²) in [6, 6.07) is 5.54. The van der Waals surface area contributed by atoms with Crippen molar-refractivity contribution in [1.82, 2.24) is 4.98 Å². The molecule has 0 aliphatic carbocycles. The van der Waals surface area contributed by atoms with Crippen molar-refractivity contribution in [1.29, 1.82) is 0 Å². The van der Waals surface area contributed by atoms with E-state index in [-0.39, 0.29) is 5.56 Å². The van der Waals surface area contributed by atoms with Gasteiger partial charge in [-0.25, -0.2) is 9.36 Å². The zero-order valence-corrected chi connectivity index (χ0v) is 8.75. The number of benzene rings is 1. The second-order valence-electron chi connectivity index (χ2n) is 3.08. The van der Waals surface area contributed by atoms with E-state index in [9.17, 15) is 9.90 Å². The van der Waals surface area contributed by atoms with E-state index in [1.807, 2.05) is 30.3 Å². The summed E-state index contributed by atoms with van der Waals surface area (Å²) in [5.41, 5.74) is -0.178. The van der Waals surface area contributed by atoms with Gasteiger partial charge in [0, 0.05) is 0 Å². The Hall–Kier alpha value is -2.30. The summed E-state index contributed by atoms with van der Waals surface area (Å²) in [6.07, 6.45) is 5.69. The number of carbonyl (C=O) groups is 1. The maximum atomic E-state index is 10.7. The second kappa shape index (κ2) is 5.55. The second-order valence-corrected chi connectivity index (χ2v) is 3.08. The number of carboxylic acids is 1. The van der Waals surface area contributed by atoms with Gasteiger partial charge in [0.1, 0.15) is 12.4 Å². The van der Waals surface area contributed by atoms with Crippen molar-refractivity contribution in [3.8, 4) is 5.75 Å². The van der Waals surface area contributed by atoms with Crippen molar-refractivity contribution in [3.05, 3.63) is 48.5 Å². The van der Waals surface area contributed by atoms with Crippen molar-refractivity contribution < 1.29 is 19.6 Å². The number of aromatic amines is 1. The number of carboxylic acid groups (broad SMARTS) is 1. The van der Waals surface area contributed by atoms with E-state index >= 15 is 0 Å². The molecule has 1 aromatic heterocycles. The highest BCUT2D eigenvalue weighted by Crippen LogP contribution is 2.10. The van der Waals surface area contributed by atoms with Crippen molar-refractivity contribution in [2.45, 2.75) is 0 Å². The number of aromatic carboxylic acids is 1. The Morgan fingerprint density at radius 1 is 1.44 bits per heavy atom. The Kier molecular flexibility index (Phi) is 4.08. The number of nitrogens with zero attached hydrogens (tertiary/aromatic N) is 1. The Balaban J connectivity index is 0.000000181. The fraction of sp³-hybridized carbons (Fsp3) is 0.0909. The van der Waals surface area contributed by atoms with Gasteiger partial charge in [-0.1, -0.05) is 23.9 Å². The number of nitrogens with one attached hydrogen (secondary N) is 1. The van der Waals surface area contributed by atoms with Gasteiger partial charge in [-0.2, -0.15) is 0 Å². The molecule has 0 bridgehead atoms. The van der Waals surface area contributed by atoms with Gasteiger partial charge in [-0.15, -0.1) is 0 Å². The molecule has 2 N–H and O–H groups in total. The van der Waals surface area contributed by atoms with Crippen LogP contribution >= 0.6 is 0 Å². The van der Waals surface area contributed by atoms with E-state index in [1.54, 1.807) is 0 Å². The number of imidazole rings is 1. The van der Waals surface area contributed by atoms with Crippen LogP contribution in [0.5, 0.6) is 5.75 Å². The van der Waals surface area contributed by atoms with E-state index in [0.29, 0.717) is 0 Å². The van der Waals surface area contributed by atoms with Gasteiger partial charge in [0.25, 0.3) is 0 Å². The predicted molar refractivity (Wildman–Crippen MR) is 54.8 cm³/mol. The van der Waals surface area contributed by atoms with E-state index < -0.39 is 11.7 Å². The van der Waals surface area contributed by atoms with Gasteiger partial charge in [0.05, 0.1) is 12.6 Å². The average Bonchev–Trinajstić information content (AvgIpc) is 2.70. The highest BCUT2D eigenvalue weighted by Gasteiger charge is 1.99. The fourth-order valence-corrected chi connectivity index (χ4v) is 1.01. The van der Waals surface area contributed by atoms with Crippen LogP contribution in [0.25, 0.3) is 0 Å². The van der Waals surface area contributed by atoms with Crippen LogP contribution in [0, 0.1) is 0 Å². The topological polar surface area (TPSA) is 80.0 Å². The molecule has 0 radical (unpaired) electrons. The molecule has 0 aliphatic heterocycles. The molecule has 0 saturated heterocycles. The quantitative estimate of drug-likeness (QED) is 0.678. The van der Waals surface area contributed by atoms with Crippen LogP contribution < -0.4 is 9.67 Å². The summed E-state index contributed by atoms with van der Waals surface area (Å²) in [7, 11) is 1.97. The summed E-state index contributed by atoms with van der Waals surface area (Å²) in [5, 5.41) is 19.0. The Bertz CT molecular complexity index is 452. The molecule has 0 aliphatic rings. The summed E-state index contributed by atoms with van der Waals surface area (Å²) < 4.78 is 1.94. The molecular weight excluding hydrogens is 208 g/mol. The van der Waals surface area contributed by atoms with E-state index in [1.165, 1.54) is 24.3 Å². The lowest BCUT2D eigenvalue weighted by Gasteiger charge is -2.07. The largest absolute Gasteiger partial charge is 0.872 e. The van der Waals surface area contributed by atoms with Crippen LogP contribution in [0.2, 0.25) is 0 Å². The van der Waals surface area contributed by atoms with Crippen LogP contribution in [0.1, 0.15) is 10.4 Å². The maximum absolute atomic E-state index is 10.7. The first kappa shape index (κ1) is 11.8. The molecule has 2 aromatic rings. The zero-order valence-electron chi connectivity index (χ0n) is 8.75. The Labute approximate surface area is 92.6 Å². The smallest absolute Gasteiger partial charge is 0.335 e. The Morgan fingerprint density at radius 3 is 2.44 bits per heavy atom. The molecule has 16 heavy (non-hydrogen) atoms. The molecule has 1 aromatic carbocycles. The number of aryl methyl sites for hydroxylation is 1. The van der Waals surface area contributed by atoms with Crippen LogP contribution in [-0.4, -0.2) is 16.1 Å². The first-order valence-corrected chi connectivity index (χ1v) is 4.58. The predicted octanol–water partition coefficient (Wildman–Crippen LogP) is 0.298. The number of rotatable bonds is 1. The SMILES string of the molecule is C[n+]1cc[nH]c1.O=C(O)c1ccccc1[O-]. The highest BCUT2D eigenvalue weighted by molar-refractivity contribution is 5.90. The standard InChI is InChI=1S/C7H6O3.C4H6N2/c8-6-4-2-1-3-5(6)7(9)10;1-6-3-2-5-4-6/h1-4,8H,(H,9,10);2-4H,1H3. The normalized spacial score (nSPS) is 9.06. The van der Waals surface area contributed by atoms with E-state index in [2.05, 4.69) is 4.98 Å². The molecule has 5 heteroatoms. The number of aromatic nitrogens is 2. The molecule has 0 saturated carbocycles. The van der Waals surface area contributed by atoms with Gasteiger partial charge in [0.15, 0.2) is 0 Å². The minimum Gasteiger partial charge on any atom is -0.872 e. The first-order valence-electron chi connectivity index (χ1n) is 4.58. The van der Waals surface area contributed by atoms with E-state index in [0.717, 1.165) is 0 Å². The number of hydrogen-bond donors (Lipinski definition) is 2. The van der Waals surface area contributed by atoms with Gasteiger partial charge in [0.2, 0.25) is 6.33 Å². The molecule has 0 atom stereocenters. The number of para-hydroxylation sites is 1.